The van der Waals surface area contributed by atoms with E-state index in [0.717, 1.165) is 23.2 Å². The third-order valence-electron chi connectivity index (χ3n) is 3.65. The SMILES string of the molecule is N#Cc1cc(Br)ccc1N1CCN2C(=O)NCC2C1. The molecule has 2 fully saturated rings. The topological polar surface area (TPSA) is 59.4 Å². The number of rotatable bonds is 1. The molecule has 5 nitrogen and oxygen atoms in total. The summed E-state index contributed by atoms with van der Waals surface area (Å²) in [7, 11) is 0. The van der Waals surface area contributed by atoms with Gasteiger partial charge in [-0.25, -0.2) is 4.79 Å². The lowest BCUT2D eigenvalue weighted by molar-refractivity contribution is 0.197. The predicted molar refractivity (Wildman–Crippen MR) is 75.0 cm³/mol. The molecule has 0 saturated carbocycles. The molecule has 98 valence electrons. The van der Waals surface area contributed by atoms with Gasteiger partial charge < -0.3 is 15.1 Å². The molecular formula is C13H13BrN4O. The molecule has 3 rings (SSSR count). The highest BCUT2D eigenvalue weighted by Crippen LogP contribution is 2.27. The Morgan fingerprint density at radius 3 is 3.05 bits per heavy atom. The van der Waals surface area contributed by atoms with E-state index in [1.807, 2.05) is 23.1 Å². The molecule has 0 aliphatic carbocycles. The van der Waals surface area contributed by atoms with Gasteiger partial charge in [0.2, 0.25) is 0 Å². The van der Waals surface area contributed by atoms with Crippen molar-refractivity contribution < 1.29 is 4.79 Å². The number of benzene rings is 1. The van der Waals surface area contributed by atoms with E-state index in [-0.39, 0.29) is 12.1 Å². The second kappa shape index (κ2) is 4.74. The molecule has 2 amide bonds. The lowest BCUT2D eigenvalue weighted by Gasteiger charge is -2.38. The molecule has 0 aromatic heterocycles. The van der Waals surface area contributed by atoms with Crippen molar-refractivity contribution in [2.24, 2.45) is 0 Å². The van der Waals surface area contributed by atoms with Crippen LogP contribution in [0.2, 0.25) is 0 Å². The van der Waals surface area contributed by atoms with Crippen LogP contribution in [0.4, 0.5) is 10.5 Å². The Kier molecular flexibility index (Phi) is 3.07. The van der Waals surface area contributed by atoms with Gasteiger partial charge in [-0.2, -0.15) is 5.26 Å². The Balaban J connectivity index is 1.85. The number of amides is 2. The molecule has 1 atom stereocenters. The average Bonchev–Trinajstić information content (AvgIpc) is 2.79. The summed E-state index contributed by atoms with van der Waals surface area (Å²) in [6, 6.07) is 8.21. The number of fused-ring (bicyclic) bond motifs is 1. The number of hydrogen-bond donors (Lipinski definition) is 1. The lowest BCUT2D eigenvalue weighted by atomic mass is 10.1. The molecule has 0 spiro atoms. The van der Waals surface area contributed by atoms with Crippen molar-refractivity contribution in [3.8, 4) is 6.07 Å². The zero-order valence-corrected chi connectivity index (χ0v) is 11.9. The summed E-state index contributed by atoms with van der Waals surface area (Å²) >= 11 is 3.38. The maximum atomic E-state index is 11.6. The summed E-state index contributed by atoms with van der Waals surface area (Å²) in [4.78, 5) is 15.6. The minimum absolute atomic E-state index is 0.0287. The fraction of sp³-hybridized carbons (Fsp3) is 0.385. The number of nitrogens with zero attached hydrogens (tertiary/aromatic N) is 3. The first-order valence-electron chi connectivity index (χ1n) is 6.18. The number of carbonyl (C=O) groups is 1. The van der Waals surface area contributed by atoms with Crippen LogP contribution >= 0.6 is 15.9 Å². The Bertz CT molecular complexity index is 568. The standard InChI is InChI=1S/C13H13BrN4O/c14-10-1-2-12(9(5-10)6-15)17-3-4-18-11(8-17)7-16-13(18)19/h1-2,5,11H,3-4,7-8H2,(H,16,19). The molecule has 1 aromatic carbocycles. The normalized spacial score (nSPS) is 21.9. The second-order valence-corrected chi connectivity index (χ2v) is 5.67. The average molecular weight is 321 g/mol. The second-order valence-electron chi connectivity index (χ2n) is 4.75. The molecule has 6 heteroatoms. The van der Waals surface area contributed by atoms with Gasteiger partial charge in [0.1, 0.15) is 6.07 Å². The van der Waals surface area contributed by atoms with Crippen LogP contribution in [-0.4, -0.2) is 43.2 Å². The van der Waals surface area contributed by atoms with Crippen molar-refractivity contribution in [3.05, 3.63) is 28.2 Å². The van der Waals surface area contributed by atoms with Crippen LogP contribution in [-0.2, 0) is 0 Å². The Labute approximate surface area is 119 Å². The third kappa shape index (κ3) is 2.15. The highest BCUT2D eigenvalue weighted by atomic mass is 79.9. The maximum absolute atomic E-state index is 11.6. The van der Waals surface area contributed by atoms with Crippen molar-refractivity contribution in [2.75, 3.05) is 31.1 Å². The maximum Gasteiger partial charge on any atom is 0.317 e. The molecule has 0 radical (unpaired) electrons. The van der Waals surface area contributed by atoms with E-state index in [1.54, 1.807) is 0 Å². The van der Waals surface area contributed by atoms with Crippen molar-refractivity contribution in [2.45, 2.75) is 6.04 Å². The predicted octanol–water partition coefficient (Wildman–Crippen LogP) is 1.53. The zero-order chi connectivity index (χ0) is 13.4. The molecule has 2 heterocycles. The first kappa shape index (κ1) is 12.3. The van der Waals surface area contributed by atoms with Crippen LogP contribution in [0, 0.1) is 11.3 Å². The first-order chi connectivity index (χ1) is 9.19. The summed E-state index contributed by atoms with van der Waals surface area (Å²) in [6.07, 6.45) is 0. The van der Waals surface area contributed by atoms with Crippen molar-refractivity contribution in [1.29, 1.82) is 5.26 Å². The summed E-state index contributed by atoms with van der Waals surface area (Å²) in [5.74, 6) is 0. The summed E-state index contributed by atoms with van der Waals surface area (Å²) < 4.78 is 0.907. The number of piperazine rings is 1. The van der Waals surface area contributed by atoms with Gasteiger partial charge in [-0.15, -0.1) is 0 Å². The van der Waals surface area contributed by atoms with E-state index in [4.69, 9.17) is 0 Å². The fourth-order valence-corrected chi connectivity index (χ4v) is 3.06. The Morgan fingerprint density at radius 2 is 2.26 bits per heavy atom. The van der Waals surface area contributed by atoms with E-state index in [1.165, 1.54) is 0 Å². The van der Waals surface area contributed by atoms with Gasteiger partial charge >= 0.3 is 6.03 Å². The van der Waals surface area contributed by atoms with Crippen molar-refractivity contribution in [1.82, 2.24) is 10.2 Å². The molecule has 2 aliphatic rings. The van der Waals surface area contributed by atoms with Gasteiger partial charge in [-0.05, 0) is 18.2 Å². The molecule has 1 aromatic rings. The van der Waals surface area contributed by atoms with Crippen LogP contribution in [0.15, 0.2) is 22.7 Å². The third-order valence-corrected chi connectivity index (χ3v) is 4.15. The molecule has 2 aliphatic heterocycles. The van der Waals surface area contributed by atoms with Gasteiger partial charge in [-0.1, -0.05) is 15.9 Å². The molecule has 1 unspecified atom stereocenters. The number of anilines is 1. The van der Waals surface area contributed by atoms with Gasteiger partial charge in [0, 0.05) is 30.7 Å². The summed E-state index contributed by atoms with van der Waals surface area (Å²) in [5.41, 5.74) is 1.62. The molecule has 0 bridgehead atoms. The quantitative estimate of drug-likeness (QED) is 0.853. The van der Waals surface area contributed by atoms with Gasteiger partial charge in [0.05, 0.1) is 17.3 Å². The Morgan fingerprint density at radius 1 is 1.42 bits per heavy atom. The molecule has 1 N–H and O–H groups in total. The van der Waals surface area contributed by atoms with Gasteiger partial charge in [-0.3, -0.25) is 0 Å². The zero-order valence-electron chi connectivity index (χ0n) is 10.3. The largest absolute Gasteiger partial charge is 0.367 e. The molecule has 19 heavy (non-hydrogen) atoms. The van der Waals surface area contributed by atoms with Crippen molar-refractivity contribution >= 4 is 27.6 Å². The van der Waals surface area contributed by atoms with Gasteiger partial charge in [0.25, 0.3) is 0 Å². The van der Waals surface area contributed by atoms with E-state index < -0.39 is 0 Å². The van der Waals surface area contributed by atoms with Crippen LogP contribution < -0.4 is 10.2 Å². The van der Waals surface area contributed by atoms with E-state index in [9.17, 15) is 10.1 Å². The number of nitriles is 1. The highest BCUT2D eigenvalue weighted by Gasteiger charge is 2.35. The number of halogens is 1. The van der Waals surface area contributed by atoms with Crippen LogP contribution in [0.1, 0.15) is 5.56 Å². The first-order valence-corrected chi connectivity index (χ1v) is 6.97. The van der Waals surface area contributed by atoms with Crippen LogP contribution in [0.3, 0.4) is 0 Å². The van der Waals surface area contributed by atoms with E-state index >= 15 is 0 Å². The molecule has 2 saturated heterocycles. The van der Waals surface area contributed by atoms with E-state index in [2.05, 4.69) is 32.2 Å². The minimum atomic E-state index is 0.0287. The number of urea groups is 1. The fourth-order valence-electron chi connectivity index (χ4n) is 2.70. The van der Waals surface area contributed by atoms with Gasteiger partial charge in [0.15, 0.2) is 0 Å². The molecular weight excluding hydrogens is 308 g/mol. The lowest BCUT2D eigenvalue weighted by Crippen LogP contribution is -2.52. The van der Waals surface area contributed by atoms with E-state index in [0.29, 0.717) is 18.7 Å². The van der Waals surface area contributed by atoms with Crippen LogP contribution in [0.5, 0.6) is 0 Å². The number of hydrogen-bond acceptors (Lipinski definition) is 3. The summed E-state index contributed by atoms with van der Waals surface area (Å²) in [5, 5.41) is 12.1. The summed E-state index contributed by atoms with van der Waals surface area (Å²) in [6.45, 7) is 2.93. The monoisotopic (exact) mass is 320 g/mol. The highest BCUT2D eigenvalue weighted by molar-refractivity contribution is 9.10. The number of carbonyl (C=O) groups excluding carboxylic acids is 1. The smallest absolute Gasteiger partial charge is 0.317 e. The minimum Gasteiger partial charge on any atom is -0.367 e. The van der Waals surface area contributed by atoms with Crippen molar-refractivity contribution in [3.63, 3.8) is 0 Å². The Hall–Kier alpha value is -1.74. The number of nitrogens with one attached hydrogen (secondary N) is 1. The van der Waals surface area contributed by atoms with Crippen LogP contribution in [0.25, 0.3) is 0 Å².